The second-order valence-electron chi connectivity index (χ2n) is 0.500. The van der Waals surface area contributed by atoms with E-state index in [0.29, 0.717) is 0 Å². The van der Waals surface area contributed by atoms with E-state index < -0.39 is 0 Å². The zero-order valence-electron chi connectivity index (χ0n) is 2.50. The monoisotopic (exact) mass is 284 g/mol. The first-order valence-electron chi connectivity index (χ1n) is 1.00. The molecule has 0 aromatic rings. The standard InChI is InChI=1S/Al.BH2.Bi.H3Si.4H/h;1H2;;1H3;;;;/q;+1;-1;;;;;. The molecule has 0 spiro atoms. The fourth-order valence-electron chi connectivity index (χ4n) is 0. The molecule has 0 aliphatic carbocycles. The molecule has 0 aromatic heterocycles. The Hall–Kier alpha value is 1.70. The van der Waals surface area contributed by atoms with E-state index in [9.17, 15) is 0 Å². The van der Waals surface area contributed by atoms with Gasteiger partial charge in [0.05, 0.1) is 0 Å². The third kappa shape index (κ3) is 9.34. The van der Waals surface area contributed by atoms with E-state index in [4.69, 9.17) is 0 Å². The third-order valence-electron chi connectivity index (χ3n) is 0. The summed E-state index contributed by atoms with van der Waals surface area (Å²) in [5.41, 5.74) is 0. The van der Waals surface area contributed by atoms with Gasteiger partial charge < -0.3 is 0 Å². The van der Waals surface area contributed by atoms with Crippen molar-refractivity contribution in [3.63, 3.8) is 0 Å². The summed E-state index contributed by atoms with van der Waals surface area (Å²) in [6.07, 6.45) is 0. The predicted octanol–water partition coefficient (Wildman–Crippen LogP) is -3.93. The molecule has 0 bridgehead atoms. The Labute approximate surface area is 51.9 Å². The van der Waals surface area contributed by atoms with Crippen LogP contribution in [0, 0.1) is 0 Å². The van der Waals surface area contributed by atoms with Crippen LogP contribution in [0.3, 0.4) is 0 Å². The van der Waals surface area contributed by atoms with Crippen molar-refractivity contribution in [3.05, 3.63) is 0 Å². The molecule has 0 aliphatic rings. The van der Waals surface area contributed by atoms with Crippen LogP contribution < -0.4 is 0 Å². The van der Waals surface area contributed by atoms with Crippen molar-refractivity contribution in [2.45, 2.75) is 0 Å². The van der Waals surface area contributed by atoms with Crippen LogP contribution >= 0.6 is 0 Å². The molecule has 0 saturated heterocycles. The Morgan fingerprint density at radius 2 is 1.75 bits per heavy atom. The first kappa shape index (κ1) is 9.20. The van der Waals surface area contributed by atoms with E-state index in [0.717, 1.165) is 0 Å². The molecule has 0 unspecified atom stereocenters. The molecule has 0 aliphatic heterocycles. The Bertz CT molecular complexity index is 8.00. The van der Waals surface area contributed by atoms with Gasteiger partial charge in [-0.15, -0.1) is 0 Å². The predicted molar refractivity (Wildman–Crippen MR) is 35.6 cm³/mol. The Morgan fingerprint density at radius 1 is 1.75 bits per heavy atom. The van der Waals surface area contributed by atoms with E-state index in [1.165, 1.54) is 0 Å². The molecule has 0 heterocycles. The van der Waals surface area contributed by atoms with Gasteiger partial charge in [0.15, 0.2) is 17.4 Å². The summed E-state index contributed by atoms with van der Waals surface area (Å²) in [6.45, 7) is 0. The molecule has 0 nitrogen and oxygen atoms in total. The van der Waals surface area contributed by atoms with Crippen LogP contribution in [0.4, 0.5) is 0 Å². The SMILES string of the molecule is [AlH3].[BH2][BiH][SiH3]. The van der Waals surface area contributed by atoms with Gasteiger partial charge in [-0.25, -0.2) is 0 Å². The van der Waals surface area contributed by atoms with Gasteiger partial charge in [0.25, 0.3) is 0 Å². The van der Waals surface area contributed by atoms with Gasteiger partial charge in [0.2, 0.25) is 0 Å². The fourth-order valence-corrected chi connectivity index (χ4v) is 0. The quantitative estimate of drug-likeness (QED) is 0.399. The topological polar surface area (TPSA) is 0 Å². The molecule has 0 amide bonds. The van der Waals surface area contributed by atoms with E-state index >= 15 is 0 Å². The van der Waals surface area contributed by atoms with Crippen molar-refractivity contribution >= 4 is 52.3 Å². The number of rotatable bonds is 0. The molecular formula is H9AlBBiSi. The third-order valence-corrected chi connectivity index (χ3v) is 0. The van der Waals surface area contributed by atoms with Crippen LogP contribution in [-0.4, -0.2) is 52.3 Å². The van der Waals surface area contributed by atoms with Crippen LogP contribution in [0.1, 0.15) is 0 Å². The average Bonchev–Trinajstić information content (AvgIpc) is 0.918. The van der Waals surface area contributed by atoms with Crippen molar-refractivity contribution in [3.8, 4) is 0 Å². The van der Waals surface area contributed by atoms with Crippen molar-refractivity contribution in [2.24, 2.45) is 0 Å². The van der Waals surface area contributed by atoms with Crippen LogP contribution in [0.15, 0.2) is 0 Å². The Morgan fingerprint density at radius 3 is 1.75 bits per heavy atom. The van der Waals surface area contributed by atoms with Crippen LogP contribution in [0.5, 0.6) is 0 Å². The summed E-state index contributed by atoms with van der Waals surface area (Å²) in [6, 6.07) is 0. The first-order valence-corrected chi connectivity index (χ1v) is 17.5. The minimum absolute atomic E-state index is 0. The second-order valence-corrected chi connectivity index (χ2v) is 13.2. The van der Waals surface area contributed by atoms with Crippen LogP contribution in [-0.2, 0) is 0 Å². The maximum atomic E-state index is 2.38. The van der Waals surface area contributed by atoms with Gasteiger partial charge in [-0.05, 0) is 0 Å². The number of hydrogen-bond donors (Lipinski definition) is 0. The van der Waals surface area contributed by atoms with E-state index in [1.54, 1.807) is 7.37 Å². The van der Waals surface area contributed by atoms with Crippen LogP contribution in [0.25, 0.3) is 0 Å². The normalized spacial score (nSPS) is 5.00. The summed E-state index contributed by atoms with van der Waals surface area (Å²) in [4.78, 5) is 0. The molecule has 4 heteroatoms. The van der Waals surface area contributed by atoms with Gasteiger partial charge in [-0.3, -0.25) is 0 Å². The Balaban J connectivity index is 0. The summed E-state index contributed by atoms with van der Waals surface area (Å²) in [5, 5.41) is 2.38. The van der Waals surface area contributed by atoms with Gasteiger partial charge in [0, 0.05) is 0 Å². The fraction of sp³-hybridized carbons (Fsp3) is 0. The van der Waals surface area contributed by atoms with Crippen molar-refractivity contribution in [1.29, 1.82) is 0 Å². The Kier molecular flexibility index (Phi) is 20.3. The molecule has 0 radical (unpaired) electrons. The van der Waals surface area contributed by atoms with Gasteiger partial charge in [-0.1, -0.05) is 0 Å². The van der Waals surface area contributed by atoms with Crippen molar-refractivity contribution in [1.82, 2.24) is 0 Å². The summed E-state index contributed by atoms with van der Waals surface area (Å²) < 4.78 is 0. The zero-order chi connectivity index (χ0) is 2.71. The van der Waals surface area contributed by atoms with Crippen LogP contribution in [0.2, 0.25) is 0 Å². The van der Waals surface area contributed by atoms with E-state index in [-0.39, 0.29) is 39.5 Å². The van der Waals surface area contributed by atoms with E-state index in [2.05, 4.69) is 5.38 Å². The first-order chi connectivity index (χ1) is 1.41. The summed E-state index contributed by atoms with van der Waals surface area (Å²) in [7, 11) is 1.56. The van der Waals surface area contributed by atoms with E-state index in [1.807, 2.05) is 0 Å². The molecule has 0 fully saturated rings. The summed E-state index contributed by atoms with van der Waals surface area (Å²) >= 11 is 0.222. The second kappa shape index (κ2) is 8.83. The molecule has 0 saturated carbocycles. The average molecular weight is 284 g/mol. The van der Waals surface area contributed by atoms with Gasteiger partial charge in [0.1, 0.15) is 0 Å². The zero-order valence-corrected chi connectivity index (χ0v) is 8.39. The van der Waals surface area contributed by atoms with Gasteiger partial charge >= 0.3 is 34.9 Å². The van der Waals surface area contributed by atoms with Crippen molar-refractivity contribution in [2.75, 3.05) is 0 Å². The molecule has 4 heavy (non-hydrogen) atoms. The molecule has 0 atom stereocenters. The molecule has 0 aromatic carbocycles. The van der Waals surface area contributed by atoms with Crippen molar-refractivity contribution < 1.29 is 0 Å². The molecule has 0 rings (SSSR count). The number of hydrogen-bond acceptors (Lipinski definition) is 0. The molecular weight excluding hydrogens is 275 g/mol. The minimum atomic E-state index is 0. The molecule has 0 N–H and O–H groups in total. The molecule has 24 valence electrons. The van der Waals surface area contributed by atoms with Gasteiger partial charge in [-0.2, -0.15) is 0 Å². The summed E-state index contributed by atoms with van der Waals surface area (Å²) in [5.74, 6) is 0. The maximum absolute atomic E-state index is 2.38.